The van der Waals surface area contributed by atoms with E-state index in [9.17, 15) is 5.11 Å². The molecule has 1 N–H and O–H groups in total. The third-order valence-corrected chi connectivity index (χ3v) is 4.54. The highest BCUT2D eigenvalue weighted by atomic mass is 35.5. The summed E-state index contributed by atoms with van der Waals surface area (Å²) in [6.07, 6.45) is 3.74. The second-order valence-electron chi connectivity index (χ2n) is 5.57. The molecule has 0 aliphatic heterocycles. The average molecular weight is 303 g/mol. The molecule has 1 unspecified atom stereocenters. The second-order valence-corrected chi connectivity index (χ2v) is 6.01. The van der Waals surface area contributed by atoms with Crippen molar-refractivity contribution in [3.05, 3.63) is 64.2 Å². The van der Waals surface area contributed by atoms with E-state index in [4.69, 9.17) is 16.3 Å². The molecule has 0 radical (unpaired) electrons. The summed E-state index contributed by atoms with van der Waals surface area (Å²) in [6.45, 7) is 0. The normalized spacial score (nSPS) is 21.5. The van der Waals surface area contributed by atoms with Crippen molar-refractivity contribution in [1.29, 1.82) is 0 Å². The predicted octanol–water partition coefficient (Wildman–Crippen LogP) is 4.31. The van der Waals surface area contributed by atoms with Crippen LogP contribution in [0.4, 0.5) is 0 Å². The van der Waals surface area contributed by atoms with Gasteiger partial charge < -0.3 is 9.84 Å². The Balaban J connectivity index is 2.22. The monoisotopic (exact) mass is 302 g/mol. The van der Waals surface area contributed by atoms with Gasteiger partial charge in [-0.1, -0.05) is 35.9 Å². The molecule has 1 aliphatic carbocycles. The molecule has 2 aromatic rings. The summed E-state index contributed by atoms with van der Waals surface area (Å²) in [6, 6.07) is 13.6. The van der Waals surface area contributed by atoms with Crippen molar-refractivity contribution in [2.75, 3.05) is 7.11 Å². The van der Waals surface area contributed by atoms with Gasteiger partial charge in [0.15, 0.2) is 0 Å². The molecule has 3 heteroatoms. The van der Waals surface area contributed by atoms with Crippen LogP contribution in [-0.2, 0) is 12.0 Å². The summed E-state index contributed by atoms with van der Waals surface area (Å²) >= 11 is 6.16. The molecule has 0 spiro atoms. The fraction of sp³-hybridized carbons (Fsp3) is 0.333. The molecular formula is C18H19ClO2. The van der Waals surface area contributed by atoms with Gasteiger partial charge >= 0.3 is 0 Å². The minimum absolute atomic E-state index is 0.612. The highest BCUT2D eigenvalue weighted by Gasteiger charge is 2.37. The Kier molecular flexibility index (Phi) is 3.92. The van der Waals surface area contributed by atoms with Gasteiger partial charge in [-0.05, 0) is 55.0 Å². The van der Waals surface area contributed by atoms with Gasteiger partial charge in [0.25, 0.3) is 0 Å². The van der Waals surface area contributed by atoms with E-state index in [-0.39, 0.29) is 0 Å². The summed E-state index contributed by atoms with van der Waals surface area (Å²) in [7, 11) is 1.62. The maximum atomic E-state index is 11.5. The molecule has 0 fully saturated rings. The molecule has 0 amide bonds. The van der Waals surface area contributed by atoms with Crippen LogP contribution >= 0.6 is 11.6 Å². The highest BCUT2D eigenvalue weighted by molar-refractivity contribution is 6.30. The molecule has 1 aliphatic rings. The molecule has 3 rings (SSSR count). The molecule has 2 nitrogen and oxygen atoms in total. The molecule has 0 bridgehead atoms. The zero-order valence-electron chi connectivity index (χ0n) is 12.1. The van der Waals surface area contributed by atoms with Gasteiger partial charge in [0.2, 0.25) is 0 Å². The zero-order valence-corrected chi connectivity index (χ0v) is 12.9. The lowest BCUT2D eigenvalue weighted by Gasteiger charge is -2.31. The number of aliphatic hydroxyl groups is 1. The van der Waals surface area contributed by atoms with Crippen molar-refractivity contribution in [2.45, 2.75) is 31.3 Å². The molecule has 0 aromatic heterocycles. The standard InChI is InChI=1S/C18H19ClO2/c1-21-17-10-9-14(19)12-16(17)18(20)11-5-4-7-13-6-2-3-8-15(13)18/h2-3,6,8-10,12,20H,4-5,7,11H2,1H3. The van der Waals surface area contributed by atoms with Crippen molar-refractivity contribution in [3.8, 4) is 5.75 Å². The highest BCUT2D eigenvalue weighted by Crippen LogP contribution is 2.43. The number of ether oxygens (including phenoxy) is 1. The van der Waals surface area contributed by atoms with Crippen molar-refractivity contribution < 1.29 is 9.84 Å². The van der Waals surface area contributed by atoms with Gasteiger partial charge in [-0.3, -0.25) is 0 Å². The number of hydrogen-bond acceptors (Lipinski definition) is 2. The first-order valence-electron chi connectivity index (χ1n) is 7.30. The molecule has 0 saturated carbocycles. The van der Waals surface area contributed by atoms with E-state index in [1.165, 1.54) is 5.56 Å². The maximum absolute atomic E-state index is 11.5. The Hall–Kier alpha value is -1.51. The largest absolute Gasteiger partial charge is 0.496 e. The van der Waals surface area contributed by atoms with E-state index >= 15 is 0 Å². The lowest BCUT2D eigenvalue weighted by atomic mass is 9.81. The lowest BCUT2D eigenvalue weighted by Crippen LogP contribution is -2.28. The summed E-state index contributed by atoms with van der Waals surface area (Å²) < 4.78 is 5.46. The lowest BCUT2D eigenvalue weighted by molar-refractivity contribution is 0.0677. The Morgan fingerprint density at radius 2 is 1.90 bits per heavy atom. The van der Waals surface area contributed by atoms with Gasteiger partial charge in [0, 0.05) is 10.6 Å². The molecular weight excluding hydrogens is 284 g/mol. The summed E-state index contributed by atoms with van der Waals surface area (Å²) in [5.41, 5.74) is 1.90. The van der Waals surface area contributed by atoms with Gasteiger partial charge in [0.05, 0.1) is 7.11 Å². The van der Waals surface area contributed by atoms with Gasteiger partial charge in [0.1, 0.15) is 11.4 Å². The topological polar surface area (TPSA) is 29.5 Å². The molecule has 21 heavy (non-hydrogen) atoms. The van der Waals surface area contributed by atoms with E-state index in [0.29, 0.717) is 17.2 Å². The summed E-state index contributed by atoms with van der Waals surface area (Å²) in [4.78, 5) is 0. The SMILES string of the molecule is COc1ccc(Cl)cc1C1(O)CCCCc2ccccc21. The molecule has 0 heterocycles. The van der Waals surface area contributed by atoms with Gasteiger partial charge in [-0.15, -0.1) is 0 Å². The Labute approximate surface area is 130 Å². The third-order valence-electron chi connectivity index (χ3n) is 4.30. The maximum Gasteiger partial charge on any atom is 0.125 e. The number of rotatable bonds is 2. The van der Waals surface area contributed by atoms with Crippen molar-refractivity contribution in [1.82, 2.24) is 0 Å². The van der Waals surface area contributed by atoms with Crippen molar-refractivity contribution in [2.24, 2.45) is 0 Å². The van der Waals surface area contributed by atoms with E-state index < -0.39 is 5.60 Å². The van der Waals surface area contributed by atoms with E-state index in [2.05, 4.69) is 6.07 Å². The Morgan fingerprint density at radius 1 is 1.10 bits per heavy atom. The van der Waals surface area contributed by atoms with Crippen LogP contribution in [-0.4, -0.2) is 12.2 Å². The predicted molar refractivity (Wildman–Crippen MR) is 85.0 cm³/mol. The summed E-state index contributed by atoms with van der Waals surface area (Å²) in [5.74, 6) is 0.679. The minimum atomic E-state index is -1.04. The van der Waals surface area contributed by atoms with Crippen LogP contribution in [0, 0.1) is 0 Å². The number of hydrogen-bond donors (Lipinski definition) is 1. The average Bonchev–Trinajstić information content (AvgIpc) is 2.68. The Morgan fingerprint density at radius 3 is 2.71 bits per heavy atom. The first kappa shape index (κ1) is 14.4. The quantitative estimate of drug-likeness (QED) is 0.838. The number of halogens is 1. The smallest absolute Gasteiger partial charge is 0.125 e. The van der Waals surface area contributed by atoms with Crippen LogP contribution in [0.2, 0.25) is 5.02 Å². The zero-order chi connectivity index (χ0) is 14.9. The Bertz CT molecular complexity index is 653. The molecule has 2 aromatic carbocycles. The number of aryl methyl sites for hydroxylation is 1. The number of benzene rings is 2. The molecule has 1 atom stereocenters. The fourth-order valence-electron chi connectivity index (χ4n) is 3.26. The van der Waals surface area contributed by atoms with Crippen molar-refractivity contribution >= 4 is 11.6 Å². The van der Waals surface area contributed by atoms with E-state index in [0.717, 1.165) is 30.4 Å². The van der Waals surface area contributed by atoms with Crippen LogP contribution in [0.5, 0.6) is 5.75 Å². The van der Waals surface area contributed by atoms with E-state index in [1.807, 2.05) is 30.3 Å². The fourth-order valence-corrected chi connectivity index (χ4v) is 3.43. The van der Waals surface area contributed by atoms with Gasteiger partial charge in [-0.2, -0.15) is 0 Å². The number of methoxy groups -OCH3 is 1. The number of fused-ring (bicyclic) bond motifs is 1. The third kappa shape index (κ3) is 2.54. The van der Waals surface area contributed by atoms with Crippen LogP contribution in [0.25, 0.3) is 0 Å². The van der Waals surface area contributed by atoms with Crippen molar-refractivity contribution in [3.63, 3.8) is 0 Å². The van der Waals surface area contributed by atoms with Gasteiger partial charge in [-0.25, -0.2) is 0 Å². The second kappa shape index (κ2) is 5.70. The van der Waals surface area contributed by atoms with Crippen LogP contribution in [0.1, 0.15) is 36.0 Å². The summed E-state index contributed by atoms with van der Waals surface area (Å²) in [5, 5.41) is 12.1. The first-order chi connectivity index (χ1) is 10.1. The molecule has 110 valence electrons. The minimum Gasteiger partial charge on any atom is -0.496 e. The van der Waals surface area contributed by atoms with Crippen LogP contribution < -0.4 is 4.74 Å². The first-order valence-corrected chi connectivity index (χ1v) is 7.68. The van der Waals surface area contributed by atoms with E-state index in [1.54, 1.807) is 13.2 Å². The molecule has 0 saturated heterocycles. The van der Waals surface area contributed by atoms with Crippen LogP contribution in [0.15, 0.2) is 42.5 Å². The van der Waals surface area contributed by atoms with Crippen LogP contribution in [0.3, 0.4) is 0 Å².